The molecule has 0 aromatic carbocycles. The molecule has 0 radical (unpaired) electrons. The van der Waals surface area contributed by atoms with Crippen molar-refractivity contribution in [3.05, 3.63) is 0 Å². The van der Waals surface area contributed by atoms with E-state index in [0.29, 0.717) is 12.8 Å². The number of carboxylic acids is 1. The van der Waals surface area contributed by atoms with E-state index in [0.717, 1.165) is 25.0 Å². The van der Waals surface area contributed by atoms with E-state index in [1.165, 1.54) is 0 Å². The van der Waals surface area contributed by atoms with Gasteiger partial charge in [-0.2, -0.15) is 11.8 Å². The topological polar surface area (TPSA) is 66.4 Å². The van der Waals surface area contributed by atoms with E-state index in [9.17, 15) is 9.59 Å². The molecule has 0 aromatic rings. The number of amides is 1. The molecule has 1 fully saturated rings. The van der Waals surface area contributed by atoms with E-state index < -0.39 is 5.97 Å². The van der Waals surface area contributed by atoms with Crippen LogP contribution in [0.1, 0.15) is 32.1 Å². The molecule has 0 spiro atoms. The first kappa shape index (κ1) is 13.4. The highest BCUT2D eigenvalue weighted by molar-refractivity contribution is 7.98. The van der Waals surface area contributed by atoms with Gasteiger partial charge in [-0.25, -0.2) is 0 Å². The zero-order chi connectivity index (χ0) is 12.0. The highest BCUT2D eigenvalue weighted by Gasteiger charge is 2.27. The maximum atomic E-state index is 11.5. The van der Waals surface area contributed by atoms with Crippen LogP contribution in [0.25, 0.3) is 0 Å². The molecular weight excluding hydrogens is 226 g/mol. The summed E-state index contributed by atoms with van der Waals surface area (Å²) < 4.78 is 0. The summed E-state index contributed by atoms with van der Waals surface area (Å²) in [5, 5.41) is 11.8. The summed E-state index contributed by atoms with van der Waals surface area (Å²) in [4.78, 5) is 22.3. The van der Waals surface area contributed by atoms with Crippen molar-refractivity contribution >= 4 is 23.6 Å². The molecule has 0 saturated heterocycles. The largest absolute Gasteiger partial charge is 0.481 e. The molecule has 92 valence electrons. The zero-order valence-electron chi connectivity index (χ0n) is 9.57. The van der Waals surface area contributed by atoms with Gasteiger partial charge in [-0.3, -0.25) is 9.59 Å². The van der Waals surface area contributed by atoms with Gasteiger partial charge < -0.3 is 10.4 Å². The summed E-state index contributed by atoms with van der Waals surface area (Å²) >= 11 is 1.64. The Kier molecular flexibility index (Phi) is 5.66. The molecule has 0 aromatic heterocycles. The summed E-state index contributed by atoms with van der Waals surface area (Å²) in [5.41, 5.74) is 0. The number of carbonyl (C=O) groups excluding carboxylic acids is 1. The van der Waals surface area contributed by atoms with Gasteiger partial charge in [0, 0.05) is 18.2 Å². The quantitative estimate of drug-likeness (QED) is 0.770. The number of aliphatic carboxylic acids is 1. The first-order valence-electron chi connectivity index (χ1n) is 5.64. The number of rotatable bonds is 5. The average molecular weight is 245 g/mol. The molecule has 1 aliphatic carbocycles. The highest BCUT2D eigenvalue weighted by Crippen LogP contribution is 2.24. The van der Waals surface area contributed by atoms with Crippen LogP contribution in [0.2, 0.25) is 0 Å². The van der Waals surface area contributed by atoms with Gasteiger partial charge in [0.15, 0.2) is 0 Å². The third-order valence-electron chi connectivity index (χ3n) is 2.92. The summed E-state index contributed by atoms with van der Waals surface area (Å²) in [6.45, 7) is 0. The molecule has 0 bridgehead atoms. The normalized spacial score (nSPS) is 25.1. The standard InChI is InChI=1S/C11H19NO3S/c1-16-6-5-10(13)12-9-4-2-3-8(7-9)11(14)15/h8-9H,2-7H2,1H3,(H,12,13)(H,14,15). The second-order valence-electron chi connectivity index (χ2n) is 4.21. The minimum Gasteiger partial charge on any atom is -0.481 e. The summed E-state index contributed by atoms with van der Waals surface area (Å²) in [6.07, 6.45) is 5.62. The predicted molar refractivity (Wildman–Crippen MR) is 64.5 cm³/mol. The molecule has 2 N–H and O–H groups in total. The Hall–Kier alpha value is -0.710. The molecule has 1 saturated carbocycles. The van der Waals surface area contributed by atoms with E-state index in [4.69, 9.17) is 5.11 Å². The second kappa shape index (κ2) is 6.78. The second-order valence-corrected chi connectivity index (χ2v) is 5.19. The minimum atomic E-state index is -0.733. The number of hydrogen-bond donors (Lipinski definition) is 2. The first-order valence-corrected chi connectivity index (χ1v) is 7.04. The predicted octanol–water partition coefficient (Wildman–Crippen LogP) is 1.50. The third-order valence-corrected chi connectivity index (χ3v) is 3.53. The van der Waals surface area contributed by atoms with E-state index in [1.807, 2.05) is 6.26 Å². The molecule has 1 aliphatic rings. The number of nitrogens with one attached hydrogen (secondary N) is 1. The van der Waals surface area contributed by atoms with Crippen molar-refractivity contribution in [2.24, 2.45) is 5.92 Å². The molecule has 1 rings (SSSR count). The van der Waals surface area contributed by atoms with Gasteiger partial charge in [-0.05, 0) is 25.5 Å². The van der Waals surface area contributed by atoms with Gasteiger partial charge in [-0.15, -0.1) is 0 Å². The molecule has 1 amide bonds. The van der Waals surface area contributed by atoms with Gasteiger partial charge in [0.2, 0.25) is 5.91 Å². The van der Waals surface area contributed by atoms with Crippen LogP contribution in [0.5, 0.6) is 0 Å². The Balaban J connectivity index is 2.31. The van der Waals surface area contributed by atoms with Gasteiger partial charge in [-0.1, -0.05) is 6.42 Å². The number of carboxylic acid groups (broad SMARTS) is 1. The van der Waals surface area contributed by atoms with Gasteiger partial charge >= 0.3 is 5.97 Å². The Morgan fingerprint density at radius 2 is 2.19 bits per heavy atom. The van der Waals surface area contributed by atoms with E-state index in [2.05, 4.69) is 5.32 Å². The molecule has 2 unspecified atom stereocenters. The van der Waals surface area contributed by atoms with E-state index in [1.54, 1.807) is 11.8 Å². The summed E-state index contributed by atoms with van der Waals surface area (Å²) in [7, 11) is 0. The van der Waals surface area contributed by atoms with Crippen molar-refractivity contribution in [3.8, 4) is 0 Å². The SMILES string of the molecule is CSCCC(=O)NC1CCCC(C(=O)O)C1. The molecular formula is C11H19NO3S. The third kappa shape index (κ3) is 4.43. The van der Waals surface area contributed by atoms with Crippen LogP contribution in [0.3, 0.4) is 0 Å². The van der Waals surface area contributed by atoms with Crippen LogP contribution in [-0.4, -0.2) is 35.0 Å². The van der Waals surface area contributed by atoms with E-state index in [-0.39, 0.29) is 17.9 Å². The molecule has 2 atom stereocenters. The smallest absolute Gasteiger partial charge is 0.306 e. The van der Waals surface area contributed by atoms with Crippen LogP contribution in [0.4, 0.5) is 0 Å². The molecule has 16 heavy (non-hydrogen) atoms. The highest BCUT2D eigenvalue weighted by atomic mass is 32.2. The van der Waals surface area contributed by atoms with Crippen LogP contribution >= 0.6 is 11.8 Å². The molecule has 5 heteroatoms. The van der Waals surface area contributed by atoms with Gasteiger partial charge in [0.05, 0.1) is 5.92 Å². The number of hydrogen-bond acceptors (Lipinski definition) is 3. The summed E-state index contributed by atoms with van der Waals surface area (Å²) in [6, 6.07) is 0.0595. The Bertz CT molecular complexity index is 258. The fraction of sp³-hybridized carbons (Fsp3) is 0.818. The minimum absolute atomic E-state index is 0.0467. The number of carbonyl (C=O) groups is 2. The maximum Gasteiger partial charge on any atom is 0.306 e. The zero-order valence-corrected chi connectivity index (χ0v) is 10.4. The average Bonchev–Trinajstić information content (AvgIpc) is 2.26. The lowest BCUT2D eigenvalue weighted by molar-refractivity contribution is -0.143. The van der Waals surface area contributed by atoms with Gasteiger partial charge in [0.1, 0.15) is 0 Å². The lowest BCUT2D eigenvalue weighted by Gasteiger charge is -2.27. The summed E-state index contributed by atoms with van der Waals surface area (Å²) in [5.74, 6) is -0.144. The fourth-order valence-electron chi connectivity index (χ4n) is 2.04. The first-order chi connectivity index (χ1) is 7.63. The Labute approximate surface area is 100 Å². The lowest BCUT2D eigenvalue weighted by atomic mass is 9.86. The van der Waals surface area contributed by atoms with Gasteiger partial charge in [0.25, 0.3) is 0 Å². The monoisotopic (exact) mass is 245 g/mol. The van der Waals surface area contributed by atoms with Crippen molar-refractivity contribution < 1.29 is 14.7 Å². The molecule has 0 heterocycles. The van der Waals surface area contributed by atoms with Crippen molar-refractivity contribution in [2.75, 3.05) is 12.0 Å². The van der Waals surface area contributed by atoms with Crippen LogP contribution < -0.4 is 5.32 Å². The molecule has 4 nitrogen and oxygen atoms in total. The van der Waals surface area contributed by atoms with Crippen molar-refractivity contribution in [3.63, 3.8) is 0 Å². The maximum absolute atomic E-state index is 11.5. The number of thioether (sulfide) groups is 1. The van der Waals surface area contributed by atoms with Crippen molar-refractivity contribution in [1.82, 2.24) is 5.32 Å². The van der Waals surface area contributed by atoms with Crippen molar-refractivity contribution in [2.45, 2.75) is 38.1 Å². The van der Waals surface area contributed by atoms with Crippen LogP contribution in [-0.2, 0) is 9.59 Å². The van der Waals surface area contributed by atoms with Crippen LogP contribution in [0.15, 0.2) is 0 Å². The Morgan fingerprint density at radius 1 is 1.44 bits per heavy atom. The fourth-order valence-corrected chi connectivity index (χ4v) is 2.43. The lowest BCUT2D eigenvalue weighted by Crippen LogP contribution is -2.40. The Morgan fingerprint density at radius 3 is 2.81 bits per heavy atom. The van der Waals surface area contributed by atoms with E-state index >= 15 is 0 Å². The van der Waals surface area contributed by atoms with Crippen molar-refractivity contribution in [1.29, 1.82) is 0 Å². The van der Waals surface area contributed by atoms with Crippen LogP contribution in [0, 0.1) is 5.92 Å². The molecule has 0 aliphatic heterocycles.